The summed E-state index contributed by atoms with van der Waals surface area (Å²) < 4.78 is 64.8. The van der Waals surface area contributed by atoms with Crippen molar-refractivity contribution in [1.29, 1.82) is 0 Å². The van der Waals surface area contributed by atoms with E-state index in [1.807, 2.05) is 115 Å². The lowest BCUT2D eigenvalue weighted by Crippen LogP contribution is -1.92. The molecule has 0 atom stereocenters. The second-order valence-corrected chi connectivity index (χ2v) is 9.95. The zero-order valence-corrected chi connectivity index (χ0v) is 21.5. The summed E-state index contributed by atoms with van der Waals surface area (Å²) >= 11 is 0. The lowest BCUT2D eigenvalue weighted by Gasteiger charge is -2.19. The maximum absolute atomic E-state index is 9.83. The van der Waals surface area contributed by atoms with E-state index in [-0.39, 0.29) is 53.1 Å². The van der Waals surface area contributed by atoms with Crippen LogP contribution >= 0.6 is 0 Å². The molecule has 0 fully saturated rings. The van der Waals surface area contributed by atoms with E-state index in [1.165, 1.54) is 0 Å². The maximum Gasteiger partial charge on any atom is 0.0636 e. The number of fused-ring (bicyclic) bond motifs is 4. The van der Waals surface area contributed by atoms with Gasteiger partial charge in [-0.05, 0) is 88.6 Å². The number of hydrogen-bond acceptors (Lipinski definition) is 0. The molecule has 8 aromatic carbocycles. The van der Waals surface area contributed by atoms with E-state index in [1.54, 1.807) is 0 Å². The quantitative estimate of drug-likeness (QED) is 0.206. The first-order valence-electron chi connectivity index (χ1n) is 16.8. The van der Waals surface area contributed by atoms with Gasteiger partial charge in [0.15, 0.2) is 0 Å². The van der Waals surface area contributed by atoms with Crippen molar-refractivity contribution in [2.24, 2.45) is 0 Å². The van der Waals surface area contributed by atoms with Crippen LogP contribution < -0.4 is 0 Å². The topological polar surface area (TPSA) is 0 Å². The summed E-state index contributed by atoms with van der Waals surface area (Å²) in [7, 11) is 0. The Bertz CT molecular complexity index is 2590. The minimum Gasteiger partial charge on any atom is -0.0622 e. The number of rotatable bonds is 3. The largest absolute Gasteiger partial charge is 0.0636 e. The Hall–Kier alpha value is -5.20. The summed E-state index contributed by atoms with van der Waals surface area (Å²) in [4.78, 5) is 0. The molecule has 0 unspecified atom stereocenters. The third-order valence-corrected chi connectivity index (χ3v) is 7.66. The Labute approximate surface area is 243 Å². The zero-order chi connectivity index (χ0) is 32.6. The monoisotopic (exact) mass is 513 g/mol. The van der Waals surface area contributed by atoms with E-state index < -0.39 is 0 Å². The van der Waals surface area contributed by atoms with Gasteiger partial charge < -0.3 is 0 Å². The predicted molar refractivity (Wildman–Crippen MR) is 173 cm³/mol. The maximum atomic E-state index is 9.83. The Morgan fingerprint density at radius 1 is 0.375 bits per heavy atom. The van der Waals surface area contributed by atoms with Crippen LogP contribution in [0.4, 0.5) is 0 Å². The molecule has 0 aliphatic carbocycles. The molecule has 0 aliphatic rings. The molecule has 0 bridgehead atoms. The molecule has 0 radical (unpaired) electrons. The van der Waals surface area contributed by atoms with Crippen LogP contribution in [-0.2, 0) is 0 Å². The van der Waals surface area contributed by atoms with Crippen molar-refractivity contribution in [3.05, 3.63) is 158 Å². The standard InChI is InChI=1S/C40H26/c1-2-13-29(14-3-1)39-35-18-8-9-19-36(35)40(34-20-10-16-28-12-6-7-17-33(28)34)37-24-23-32(26-38(37)39)31-22-21-27-11-4-5-15-30(27)25-31/h1-26H/i8D,9D,18D,19D,23D,24D,26D. The SMILES string of the molecule is [2H]c1c([2H])c([2H])c2c(-c3cccc4ccccc34)c3c([2H])c([2H])c(-c4ccc5ccccc5c4)c([2H])c3c(-c3ccccc3)c2c1[2H]. The summed E-state index contributed by atoms with van der Waals surface area (Å²) in [5, 5.41) is 4.98. The third-order valence-electron chi connectivity index (χ3n) is 7.66. The second-order valence-electron chi connectivity index (χ2n) is 9.95. The molecule has 0 heterocycles. The fraction of sp³-hybridized carbons (Fsp3) is 0. The summed E-state index contributed by atoms with van der Waals surface area (Å²) in [6, 6.07) is 35.1. The van der Waals surface area contributed by atoms with Crippen molar-refractivity contribution >= 4 is 43.1 Å². The van der Waals surface area contributed by atoms with Gasteiger partial charge >= 0.3 is 0 Å². The molecular formula is C40H26. The summed E-state index contributed by atoms with van der Waals surface area (Å²) in [5.41, 5.74) is 3.15. The minimum atomic E-state index is -0.376. The first-order chi connectivity index (χ1) is 22.8. The Morgan fingerprint density at radius 3 is 1.90 bits per heavy atom. The first-order valence-corrected chi connectivity index (χ1v) is 13.3. The van der Waals surface area contributed by atoms with Crippen molar-refractivity contribution in [3.63, 3.8) is 0 Å². The molecule has 0 amide bonds. The van der Waals surface area contributed by atoms with Crippen LogP contribution in [-0.4, -0.2) is 0 Å². The van der Waals surface area contributed by atoms with Crippen molar-refractivity contribution in [1.82, 2.24) is 0 Å². The Kier molecular flexibility index (Phi) is 3.85. The summed E-state index contributed by atoms with van der Waals surface area (Å²) in [5.74, 6) is 0. The van der Waals surface area contributed by atoms with Gasteiger partial charge in [-0.25, -0.2) is 0 Å². The van der Waals surface area contributed by atoms with Gasteiger partial charge in [0.1, 0.15) is 0 Å². The van der Waals surface area contributed by atoms with Crippen LogP contribution in [0.25, 0.3) is 76.5 Å². The summed E-state index contributed by atoms with van der Waals surface area (Å²) in [6.45, 7) is 0. The molecule has 8 aromatic rings. The van der Waals surface area contributed by atoms with Gasteiger partial charge in [-0.3, -0.25) is 0 Å². The van der Waals surface area contributed by atoms with Gasteiger partial charge in [-0.15, -0.1) is 0 Å². The number of benzene rings is 8. The first kappa shape index (κ1) is 16.7. The molecule has 0 spiro atoms. The van der Waals surface area contributed by atoms with E-state index in [0.717, 1.165) is 21.5 Å². The number of hydrogen-bond donors (Lipinski definition) is 0. The van der Waals surface area contributed by atoms with Crippen LogP contribution in [0, 0.1) is 0 Å². The van der Waals surface area contributed by atoms with Gasteiger partial charge in [-0.2, -0.15) is 0 Å². The highest BCUT2D eigenvalue weighted by Gasteiger charge is 2.18. The summed E-state index contributed by atoms with van der Waals surface area (Å²) in [6.07, 6.45) is 0. The molecule has 0 heteroatoms. The smallest absolute Gasteiger partial charge is 0.0622 e. The fourth-order valence-corrected chi connectivity index (χ4v) is 5.81. The van der Waals surface area contributed by atoms with Gasteiger partial charge in [0, 0.05) is 0 Å². The van der Waals surface area contributed by atoms with Crippen LogP contribution in [0.5, 0.6) is 0 Å². The average molecular weight is 514 g/mol. The third kappa shape index (κ3) is 3.61. The Balaban J connectivity index is 1.69. The normalized spacial score (nSPS) is 13.9. The Morgan fingerprint density at radius 2 is 1.05 bits per heavy atom. The van der Waals surface area contributed by atoms with Gasteiger partial charge in [0.05, 0.1) is 9.60 Å². The fourth-order valence-electron chi connectivity index (χ4n) is 5.81. The molecule has 0 saturated heterocycles. The van der Waals surface area contributed by atoms with Crippen LogP contribution in [0.2, 0.25) is 0 Å². The van der Waals surface area contributed by atoms with Crippen molar-refractivity contribution in [2.45, 2.75) is 0 Å². The molecule has 40 heavy (non-hydrogen) atoms. The molecule has 186 valence electrons. The molecule has 0 N–H and O–H groups in total. The van der Waals surface area contributed by atoms with Crippen molar-refractivity contribution < 1.29 is 9.60 Å². The highest BCUT2D eigenvalue weighted by Crippen LogP contribution is 2.46. The van der Waals surface area contributed by atoms with Crippen molar-refractivity contribution in [3.8, 4) is 33.4 Å². The molecule has 8 rings (SSSR count). The van der Waals surface area contributed by atoms with Crippen LogP contribution in [0.3, 0.4) is 0 Å². The van der Waals surface area contributed by atoms with Gasteiger partial charge in [-0.1, -0.05) is 145 Å². The second kappa shape index (κ2) is 9.22. The van der Waals surface area contributed by atoms with E-state index >= 15 is 0 Å². The average Bonchev–Trinajstić information content (AvgIpc) is 3.11. The lowest BCUT2D eigenvalue weighted by molar-refractivity contribution is 1.65. The molecule has 0 nitrogen and oxygen atoms in total. The molecule has 0 aliphatic heterocycles. The predicted octanol–water partition coefficient (Wildman–Crippen LogP) is 11.3. The van der Waals surface area contributed by atoms with Gasteiger partial charge in [0.25, 0.3) is 0 Å². The highest BCUT2D eigenvalue weighted by atomic mass is 14.2. The molecular weight excluding hydrogens is 480 g/mol. The van der Waals surface area contributed by atoms with Crippen LogP contribution in [0.15, 0.2) is 158 Å². The van der Waals surface area contributed by atoms with Crippen molar-refractivity contribution in [2.75, 3.05) is 0 Å². The zero-order valence-electron chi connectivity index (χ0n) is 28.5. The molecule has 0 aromatic heterocycles. The van der Waals surface area contributed by atoms with E-state index in [4.69, 9.17) is 2.74 Å². The highest BCUT2D eigenvalue weighted by molar-refractivity contribution is 6.24. The van der Waals surface area contributed by atoms with Gasteiger partial charge in [0.2, 0.25) is 0 Å². The minimum absolute atomic E-state index is 0.0333. The van der Waals surface area contributed by atoms with E-state index in [0.29, 0.717) is 44.2 Å². The lowest BCUT2D eigenvalue weighted by atomic mass is 9.83. The van der Waals surface area contributed by atoms with Crippen LogP contribution in [0.1, 0.15) is 9.60 Å². The van der Waals surface area contributed by atoms with E-state index in [2.05, 4.69) is 0 Å². The van der Waals surface area contributed by atoms with E-state index in [9.17, 15) is 6.85 Å². The molecule has 0 saturated carbocycles.